The Morgan fingerprint density at radius 2 is 1.94 bits per heavy atom. The smallest absolute Gasteiger partial charge is 0.292 e. The van der Waals surface area contributed by atoms with Crippen LogP contribution in [0.15, 0.2) is 4.99 Å². The van der Waals surface area contributed by atoms with E-state index in [-0.39, 0.29) is 11.8 Å². The minimum Gasteiger partial charge on any atom is -0.386 e. The van der Waals surface area contributed by atoms with Crippen molar-refractivity contribution in [2.75, 3.05) is 14.2 Å². The molecule has 0 spiro atoms. The maximum Gasteiger partial charge on any atom is 0.292 e. The molecule has 0 aromatic rings. The summed E-state index contributed by atoms with van der Waals surface area (Å²) in [5.41, 5.74) is 3.64. The number of amidine groups is 1. The van der Waals surface area contributed by atoms with E-state index in [1.165, 1.54) is 14.2 Å². The molecular formula is C11H14N4O2. The summed E-state index contributed by atoms with van der Waals surface area (Å²) in [6.45, 7) is 1.91. The first-order chi connectivity index (χ1) is 8.06. The van der Waals surface area contributed by atoms with E-state index < -0.39 is 16.7 Å². The molecular weight excluding hydrogens is 220 g/mol. The first kappa shape index (κ1) is 11.8. The molecule has 1 aliphatic carbocycles. The van der Waals surface area contributed by atoms with Crippen LogP contribution in [0.4, 0.5) is 0 Å². The summed E-state index contributed by atoms with van der Waals surface area (Å²) in [6.07, 6.45) is 0.645. The Balaban J connectivity index is 2.66. The van der Waals surface area contributed by atoms with Crippen molar-refractivity contribution in [2.45, 2.75) is 19.3 Å². The van der Waals surface area contributed by atoms with Crippen molar-refractivity contribution in [3.8, 4) is 12.1 Å². The van der Waals surface area contributed by atoms with E-state index in [1.54, 1.807) is 0 Å². The van der Waals surface area contributed by atoms with Crippen LogP contribution >= 0.6 is 0 Å². The fraction of sp³-hybridized carbons (Fsp3) is 0.727. The van der Waals surface area contributed by atoms with Gasteiger partial charge in [-0.1, -0.05) is 6.92 Å². The lowest BCUT2D eigenvalue weighted by atomic mass is 9.94. The van der Waals surface area contributed by atoms with Gasteiger partial charge in [-0.15, -0.1) is 0 Å². The molecule has 6 heteroatoms. The minimum absolute atomic E-state index is 0.136. The summed E-state index contributed by atoms with van der Waals surface area (Å²) in [4.78, 5) is 4.08. The van der Waals surface area contributed by atoms with Crippen molar-refractivity contribution in [1.29, 1.82) is 10.5 Å². The van der Waals surface area contributed by atoms with Gasteiger partial charge in [0, 0.05) is 20.1 Å². The predicted molar refractivity (Wildman–Crippen MR) is 58.2 cm³/mol. The van der Waals surface area contributed by atoms with Gasteiger partial charge < -0.3 is 15.2 Å². The average molecular weight is 234 g/mol. The minimum atomic E-state index is -1.46. The van der Waals surface area contributed by atoms with E-state index in [2.05, 4.69) is 17.1 Å². The van der Waals surface area contributed by atoms with E-state index in [0.717, 1.165) is 0 Å². The Labute approximate surface area is 99.6 Å². The lowest BCUT2D eigenvalue weighted by Gasteiger charge is -2.29. The quantitative estimate of drug-likeness (QED) is 0.710. The molecule has 6 nitrogen and oxygen atoms in total. The number of ether oxygens (including phenoxy) is 2. The number of nitrogens with zero attached hydrogens (tertiary/aromatic N) is 3. The molecule has 0 aromatic carbocycles. The molecule has 0 aromatic heterocycles. The zero-order chi connectivity index (χ0) is 12.9. The lowest BCUT2D eigenvalue weighted by Crippen LogP contribution is -2.41. The van der Waals surface area contributed by atoms with Crippen molar-refractivity contribution < 1.29 is 9.47 Å². The third-order valence-electron chi connectivity index (χ3n) is 4.07. The number of nitrogens with two attached hydrogens (primary N) is 1. The van der Waals surface area contributed by atoms with Gasteiger partial charge in [0.1, 0.15) is 11.3 Å². The first-order valence-corrected chi connectivity index (χ1v) is 5.35. The molecule has 1 heterocycles. The highest BCUT2D eigenvalue weighted by atomic mass is 16.7. The molecule has 17 heavy (non-hydrogen) atoms. The molecule has 1 aliphatic heterocycles. The van der Waals surface area contributed by atoms with Crippen molar-refractivity contribution in [3.05, 3.63) is 0 Å². The molecule has 1 fully saturated rings. The van der Waals surface area contributed by atoms with Crippen molar-refractivity contribution in [2.24, 2.45) is 27.5 Å². The zero-order valence-corrected chi connectivity index (χ0v) is 10.0. The maximum absolute atomic E-state index is 9.49. The van der Waals surface area contributed by atoms with Crippen molar-refractivity contribution in [3.63, 3.8) is 0 Å². The summed E-state index contributed by atoms with van der Waals surface area (Å²) in [7, 11) is 2.80. The van der Waals surface area contributed by atoms with E-state index in [9.17, 15) is 10.5 Å². The number of hydrogen-bond donors (Lipinski definition) is 1. The summed E-state index contributed by atoms with van der Waals surface area (Å²) >= 11 is 0. The van der Waals surface area contributed by atoms with Crippen LogP contribution in [-0.4, -0.2) is 26.0 Å². The van der Waals surface area contributed by atoms with Gasteiger partial charge in [-0.3, -0.25) is 0 Å². The van der Waals surface area contributed by atoms with Crippen LogP contribution in [0, 0.1) is 39.4 Å². The number of rotatable bonds is 3. The second-order valence-electron chi connectivity index (χ2n) is 4.29. The number of aliphatic imine (C=N–C) groups is 1. The van der Waals surface area contributed by atoms with E-state index >= 15 is 0 Å². The summed E-state index contributed by atoms with van der Waals surface area (Å²) in [5.74, 6) is -1.53. The van der Waals surface area contributed by atoms with Crippen molar-refractivity contribution >= 4 is 5.84 Å². The van der Waals surface area contributed by atoms with Crippen molar-refractivity contribution in [1.82, 2.24) is 0 Å². The maximum atomic E-state index is 9.49. The second kappa shape index (κ2) is 3.19. The Morgan fingerprint density at radius 1 is 1.35 bits per heavy atom. The molecule has 2 N–H and O–H groups in total. The van der Waals surface area contributed by atoms with Gasteiger partial charge in [0.25, 0.3) is 5.91 Å². The highest BCUT2D eigenvalue weighted by molar-refractivity contribution is 5.98. The summed E-state index contributed by atoms with van der Waals surface area (Å²) in [5, 5.41) is 18.9. The molecule has 0 unspecified atom stereocenters. The Kier molecular flexibility index (Phi) is 2.22. The van der Waals surface area contributed by atoms with E-state index in [0.29, 0.717) is 6.42 Å². The van der Waals surface area contributed by atoms with Crippen LogP contribution < -0.4 is 5.73 Å². The van der Waals surface area contributed by atoms with E-state index in [4.69, 9.17) is 15.2 Å². The third-order valence-corrected chi connectivity index (χ3v) is 4.07. The van der Waals surface area contributed by atoms with Gasteiger partial charge in [-0.2, -0.15) is 10.5 Å². The fourth-order valence-electron chi connectivity index (χ4n) is 3.31. The molecule has 0 amide bonds. The standard InChI is InChI=1S/C11H14N4O2/c1-4-7-9(5-12)8(14)15-11(16-2,17-3)10(7,9)6-13/h7H,4H2,1-3H3,(H2,14,15)/t7-,9-,10-/m1/s1. The van der Waals surface area contributed by atoms with Crippen LogP contribution in [0.2, 0.25) is 0 Å². The van der Waals surface area contributed by atoms with Crippen LogP contribution in [0.5, 0.6) is 0 Å². The Bertz CT molecular complexity index is 471. The SMILES string of the molecule is CC[C@@H]1[C@]2(C#N)C(N)=NC(OC)(OC)[C@]12C#N. The number of hydrogen-bond acceptors (Lipinski definition) is 6. The average Bonchev–Trinajstić information content (AvgIpc) is 2.92. The lowest BCUT2D eigenvalue weighted by molar-refractivity contribution is -0.232. The van der Waals surface area contributed by atoms with Gasteiger partial charge in [0.05, 0.1) is 12.1 Å². The van der Waals surface area contributed by atoms with Crippen LogP contribution in [0.25, 0.3) is 0 Å². The van der Waals surface area contributed by atoms with Gasteiger partial charge in [0.15, 0.2) is 5.41 Å². The van der Waals surface area contributed by atoms with Gasteiger partial charge in [-0.05, 0) is 6.42 Å². The summed E-state index contributed by atoms with van der Waals surface area (Å²) < 4.78 is 10.5. The molecule has 90 valence electrons. The molecule has 2 aliphatic rings. The topological polar surface area (TPSA) is 104 Å². The van der Waals surface area contributed by atoms with Gasteiger partial charge in [-0.25, -0.2) is 4.99 Å². The molecule has 0 radical (unpaired) electrons. The Hall–Kier alpha value is -1.63. The van der Waals surface area contributed by atoms with Crippen LogP contribution in [0.3, 0.4) is 0 Å². The first-order valence-electron chi connectivity index (χ1n) is 5.35. The highest BCUT2D eigenvalue weighted by Crippen LogP contribution is 2.78. The fourth-order valence-corrected chi connectivity index (χ4v) is 3.31. The number of methoxy groups -OCH3 is 2. The van der Waals surface area contributed by atoms with Gasteiger partial charge >= 0.3 is 0 Å². The van der Waals surface area contributed by atoms with Gasteiger partial charge in [0.2, 0.25) is 0 Å². The largest absolute Gasteiger partial charge is 0.386 e. The molecule has 3 atom stereocenters. The van der Waals surface area contributed by atoms with Crippen LogP contribution in [0.1, 0.15) is 13.3 Å². The van der Waals surface area contributed by atoms with E-state index in [1.807, 2.05) is 6.92 Å². The number of nitriles is 2. The predicted octanol–water partition coefficient (Wildman–Crippen LogP) is 0.364. The van der Waals surface area contributed by atoms with Crippen LogP contribution in [-0.2, 0) is 9.47 Å². The molecule has 0 saturated heterocycles. The third kappa shape index (κ3) is 0.833. The summed E-state index contributed by atoms with van der Waals surface area (Å²) in [6, 6.07) is 4.31. The molecule has 1 saturated carbocycles. The Morgan fingerprint density at radius 3 is 2.24 bits per heavy atom. The number of fused-ring (bicyclic) bond motifs is 1. The second-order valence-corrected chi connectivity index (χ2v) is 4.29. The highest BCUT2D eigenvalue weighted by Gasteiger charge is 2.92. The molecule has 2 rings (SSSR count). The zero-order valence-electron chi connectivity index (χ0n) is 10.0. The normalized spacial score (nSPS) is 41.0. The molecule has 0 bridgehead atoms. The monoisotopic (exact) mass is 234 g/mol.